The quantitative estimate of drug-likeness (QED) is 0.680. The molecule has 0 radical (unpaired) electrons. The van der Waals surface area contributed by atoms with Gasteiger partial charge in [-0.2, -0.15) is 0 Å². The molecule has 0 bridgehead atoms. The largest absolute Gasteiger partial charge is 0.444 e. The molecule has 1 aliphatic heterocycles. The van der Waals surface area contributed by atoms with Crippen LogP contribution in [-0.2, 0) is 4.74 Å². The van der Waals surface area contributed by atoms with E-state index in [0.717, 1.165) is 0 Å². The van der Waals surface area contributed by atoms with E-state index < -0.39 is 17.7 Å². The van der Waals surface area contributed by atoms with E-state index >= 15 is 0 Å². The number of amides is 1. The van der Waals surface area contributed by atoms with Crippen LogP contribution in [0.3, 0.4) is 0 Å². The maximum Gasteiger partial charge on any atom is 0.411 e. The zero-order valence-corrected chi connectivity index (χ0v) is 13.0. The van der Waals surface area contributed by atoms with Gasteiger partial charge >= 0.3 is 6.09 Å². The van der Waals surface area contributed by atoms with Crippen LogP contribution < -0.4 is 11.5 Å². The first-order valence-corrected chi connectivity index (χ1v) is 6.77. The molecule has 0 aromatic heterocycles. The standard InChI is InChI=1S/C11H20N4O2S2/c1-11(2,3)17-10(16)15-5-4-14(9(13)19)6-7(15)8(12)18/h7H,4-6H2,1-3H3,(H2,12,18)(H2,13,19). The van der Waals surface area contributed by atoms with E-state index in [-0.39, 0.29) is 10.1 Å². The molecule has 0 aromatic rings. The highest BCUT2D eigenvalue weighted by Gasteiger charge is 2.35. The molecular formula is C11H20N4O2S2. The Labute approximate surface area is 124 Å². The van der Waals surface area contributed by atoms with Crippen molar-refractivity contribution in [1.82, 2.24) is 9.80 Å². The number of carbonyl (C=O) groups is 1. The van der Waals surface area contributed by atoms with E-state index in [1.54, 1.807) is 4.90 Å². The van der Waals surface area contributed by atoms with Crippen LogP contribution in [0.25, 0.3) is 0 Å². The molecule has 4 N–H and O–H groups in total. The van der Waals surface area contributed by atoms with Crippen LogP contribution >= 0.6 is 24.4 Å². The van der Waals surface area contributed by atoms with E-state index in [2.05, 4.69) is 0 Å². The number of nitrogens with two attached hydrogens (primary N) is 2. The molecule has 1 atom stereocenters. The van der Waals surface area contributed by atoms with E-state index in [1.165, 1.54) is 4.90 Å². The molecule has 6 nitrogen and oxygen atoms in total. The number of piperazine rings is 1. The van der Waals surface area contributed by atoms with Crippen LogP contribution in [-0.4, -0.2) is 57.3 Å². The zero-order valence-electron chi connectivity index (χ0n) is 11.4. The van der Waals surface area contributed by atoms with E-state index in [0.29, 0.717) is 19.6 Å². The summed E-state index contributed by atoms with van der Waals surface area (Å²) in [4.78, 5) is 15.6. The first kappa shape index (κ1) is 15.9. The lowest BCUT2D eigenvalue weighted by Gasteiger charge is -2.41. The molecule has 1 aliphatic rings. The van der Waals surface area contributed by atoms with Gasteiger partial charge < -0.3 is 21.1 Å². The summed E-state index contributed by atoms with van der Waals surface area (Å²) < 4.78 is 5.34. The average molecular weight is 304 g/mol. The molecule has 108 valence electrons. The first-order chi connectivity index (χ1) is 8.61. The van der Waals surface area contributed by atoms with Gasteiger partial charge in [-0.15, -0.1) is 0 Å². The molecule has 1 fully saturated rings. The molecule has 0 aromatic carbocycles. The molecule has 8 heteroatoms. The summed E-state index contributed by atoms with van der Waals surface area (Å²) in [5.74, 6) is 0. The Balaban J connectivity index is 2.80. The van der Waals surface area contributed by atoms with Crippen molar-refractivity contribution < 1.29 is 9.53 Å². The number of thiocarbonyl (C=S) groups is 2. The van der Waals surface area contributed by atoms with Crippen molar-refractivity contribution in [1.29, 1.82) is 0 Å². The number of carbonyl (C=O) groups excluding carboxylic acids is 1. The second-order valence-corrected chi connectivity index (χ2v) is 6.27. The molecule has 1 saturated heterocycles. The van der Waals surface area contributed by atoms with Gasteiger partial charge in [0.1, 0.15) is 11.6 Å². The number of nitrogens with zero attached hydrogens (tertiary/aromatic N) is 2. The number of hydrogen-bond donors (Lipinski definition) is 2. The van der Waals surface area contributed by atoms with Gasteiger partial charge in [-0.1, -0.05) is 12.2 Å². The molecule has 1 rings (SSSR count). The lowest BCUT2D eigenvalue weighted by Crippen LogP contribution is -2.61. The molecule has 1 heterocycles. The minimum absolute atomic E-state index is 0.229. The van der Waals surface area contributed by atoms with Gasteiger partial charge in [0.05, 0.1) is 4.99 Å². The number of hydrogen-bond acceptors (Lipinski definition) is 4. The fourth-order valence-corrected chi connectivity index (χ4v) is 2.13. The Morgan fingerprint density at radius 1 is 1.26 bits per heavy atom. The topological polar surface area (TPSA) is 84.8 Å². The highest BCUT2D eigenvalue weighted by atomic mass is 32.1. The third kappa shape index (κ3) is 4.46. The second-order valence-electron chi connectivity index (χ2n) is 5.38. The van der Waals surface area contributed by atoms with Gasteiger partial charge in [0.2, 0.25) is 0 Å². The summed E-state index contributed by atoms with van der Waals surface area (Å²) in [6, 6.07) is -0.417. The Hall–Kier alpha value is -1.15. The van der Waals surface area contributed by atoms with Crippen LogP contribution in [0.2, 0.25) is 0 Å². The van der Waals surface area contributed by atoms with Crippen LogP contribution in [0, 0.1) is 0 Å². The van der Waals surface area contributed by atoms with E-state index in [1.807, 2.05) is 20.8 Å². The molecule has 1 unspecified atom stereocenters. The van der Waals surface area contributed by atoms with Crippen molar-refractivity contribution in [3.05, 3.63) is 0 Å². The third-order valence-corrected chi connectivity index (χ3v) is 3.18. The fraction of sp³-hybridized carbons (Fsp3) is 0.727. The van der Waals surface area contributed by atoms with Crippen molar-refractivity contribution in [3.63, 3.8) is 0 Å². The van der Waals surface area contributed by atoms with Gasteiger partial charge in [0.25, 0.3) is 0 Å². The SMILES string of the molecule is CC(C)(C)OC(=O)N1CCN(C(N)=S)CC1C(N)=S. The Kier molecular flexibility index (Phi) is 4.92. The predicted molar refractivity (Wildman–Crippen MR) is 81.9 cm³/mol. The lowest BCUT2D eigenvalue weighted by molar-refractivity contribution is 0.0133. The summed E-state index contributed by atoms with van der Waals surface area (Å²) in [6.07, 6.45) is -0.423. The smallest absolute Gasteiger partial charge is 0.411 e. The fourth-order valence-electron chi connectivity index (χ4n) is 1.77. The number of ether oxygens (including phenoxy) is 1. The molecule has 1 amide bonds. The van der Waals surface area contributed by atoms with Crippen molar-refractivity contribution in [2.45, 2.75) is 32.4 Å². The van der Waals surface area contributed by atoms with Crippen LogP contribution in [0.1, 0.15) is 20.8 Å². The average Bonchev–Trinajstić information content (AvgIpc) is 2.25. The molecule has 0 aliphatic carbocycles. The Morgan fingerprint density at radius 3 is 2.26 bits per heavy atom. The highest BCUT2D eigenvalue weighted by Crippen LogP contribution is 2.16. The van der Waals surface area contributed by atoms with Gasteiger partial charge in [0.15, 0.2) is 5.11 Å². The van der Waals surface area contributed by atoms with Crippen molar-refractivity contribution in [2.75, 3.05) is 19.6 Å². The van der Waals surface area contributed by atoms with Gasteiger partial charge in [-0.25, -0.2) is 4.79 Å². The highest BCUT2D eigenvalue weighted by molar-refractivity contribution is 7.80. The molecule has 0 saturated carbocycles. The summed E-state index contributed by atoms with van der Waals surface area (Å²) in [6.45, 7) is 6.82. The first-order valence-electron chi connectivity index (χ1n) is 5.95. The Morgan fingerprint density at radius 2 is 1.84 bits per heavy atom. The maximum atomic E-state index is 12.1. The van der Waals surface area contributed by atoms with Crippen LogP contribution in [0.15, 0.2) is 0 Å². The third-order valence-electron chi connectivity index (χ3n) is 2.65. The van der Waals surface area contributed by atoms with Crippen LogP contribution in [0.4, 0.5) is 4.79 Å². The summed E-state index contributed by atoms with van der Waals surface area (Å²) in [5, 5.41) is 0.282. The summed E-state index contributed by atoms with van der Waals surface area (Å²) in [7, 11) is 0. The predicted octanol–water partition coefficient (Wildman–Crippen LogP) is 0.437. The summed E-state index contributed by atoms with van der Waals surface area (Å²) in [5.41, 5.74) is 10.7. The molecule has 0 spiro atoms. The van der Waals surface area contributed by atoms with Crippen LogP contribution in [0.5, 0.6) is 0 Å². The van der Waals surface area contributed by atoms with Crippen molar-refractivity contribution >= 4 is 40.6 Å². The van der Waals surface area contributed by atoms with E-state index in [4.69, 9.17) is 40.6 Å². The molecule has 19 heavy (non-hydrogen) atoms. The minimum Gasteiger partial charge on any atom is -0.444 e. The van der Waals surface area contributed by atoms with Gasteiger partial charge in [0, 0.05) is 19.6 Å². The van der Waals surface area contributed by atoms with Crippen molar-refractivity contribution in [2.24, 2.45) is 11.5 Å². The monoisotopic (exact) mass is 304 g/mol. The normalized spacial score (nSPS) is 20.1. The zero-order chi connectivity index (χ0) is 14.8. The molecular weight excluding hydrogens is 284 g/mol. The van der Waals surface area contributed by atoms with Gasteiger partial charge in [-0.05, 0) is 33.0 Å². The number of rotatable bonds is 1. The van der Waals surface area contributed by atoms with Crippen molar-refractivity contribution in [3.8, 4) is 0 Å². The van der Waals surface area contributed by atoms with E-state index in [9.17, 15) is 4.79 Å². The maximum absolute atomic E-state index is 12.1. The lowest BCUT2D eigenvalue weighted by atomic mass is 10.1. The Bertz CT molecular complexity index is 395. The summed E-state index contributed by atoms with van der Waals surface area (Å²) >= 11 is 9.94. The van der Waals surface area contributed by atoms with Gasteiger partial charge in [-0.3, -0.25) is 4.90 Å². The second kappa shape index (κ2) is 5.87. The minimum atomic E-state index is -0.557.